The molecule has 48 heavy (non-hydrogen) atoms. The van der Waals surface area contributed by atoms with E-state index in [9.17, 15) is 0 Å². The molecule has 0 saturated heterocycles. The van der Waals surface area contributed by atoms with Crippen molar-refractivity contribution in [2.24, 2.45) is 0 Å². The van der Waals surface area contributed by atoms with E-state index in [0.717, 1.165) is 50.5 Å². The van der Waals surface area contributed by atoms with E-state index >= 15 is 0 Å². The van der Waals surface area contributed by atoms with Crippen LogP contribution in [0.15, 0.2) is 192 Å². The van der Waals surface area contributed by atoms with Crippen LogP contribution in [0.4, 0.5) is 17.1 Å². The topological polar surface area (TPSA) is 16.4 Å². The van der Waals surface area contributed by atoms with Crippen LogP contribution in [-0.4, -0.2) is 0 Å². The molecule has 2 heteroatoms. The summed E-state index contributed by atoms with van der Waals surface area (Å²) < 4.78 is 6.48. The largest absolute Gasteiger partial charge is 0.456 e. The van der Waals surface area contributed by atoms with Crippen LogP contribution in [0.2, 0.25) is 0 Å². The fourth-order valence-corrected chi connectivity index (χ4v) is 6.92. The minimum atomic E-state index is 0.841. The fraction of sp³-hybridized carbons (Fsp3) is 0. The summed E-state index contributed by atoms with van der Waals surface area (Å²) in [6.07, 6.45) is 0. The highest BCUT2D eigenvalue weighted by molar-refractivity contribution is 6.09. The molecule has 8 aromatic carbocycles. The average molecular weight is 614 g/mol. The van der Waals surface area contributed by atoms with Gasteiger partial charge in [-0.3, -0.25) is 0 Å². The van der Waals surface area contributed by atoms with E-state index in [0.29, 0.717) is 0 Å². The third-order valence-corrected chi connectivity index (χ3v) is 9.27. The normalized spacial score (nSPS) is 11.3. The van der Waals surface area contributed by atoms with Crippen LogP contribution in [0.1, 0.15) is 0 Å². The Kier molecular flexibility index (Phi) is 6.84. The third kappa shape index (κ3) is 4.92. The van der Waals surface area contributed by atoms with E-state index in [-0.39, 0.29) is 0 Å². The minimum Gasteiger partial charge on any atom is -0.456 e. The van der Waals surface area contributed by atoms with Gasteiger partial charge in [-0.2, -0.15) is 0 Å². The lowest BCUT2D eigenvalue weighted by atomic mass is 9.97. The molecule has 0 N–H and O–H groups in total. The van der Waals surface area contributed by atoms with Gasteiger partial charge in [-0.25, -0.2) is 0 Å². The number of furan rings is 1. The van der Waals surface area contributed by atoms with Gasteiger partial charge in [0, 0.05) is 22.2 Å². The zero-order valence-corrected chi connectivity index (χ0v) is 26.3. The molecule has 2 nitrogen and oxygen atoms in total. The smallest absolute Gasteiger partial charge is 0.137 e. The predicted molar refractivity (Wildman–Crippen MR) is 202 cm³/mol. The van der Waals surface area contributed by atoms with E-state index in [1.165, 1.54) is 32.7 Å². The highest BCUT2D eigenvalue weighted by Crippen LogP contribution is 2.46. The van der Waals surface area contributed by atoms with Crippen LogP contribution in [0.5, 0.6) is 0 Å². The van der Waals surface area contributed by atoms with E-state index in [2.05, 4.69) is 181 Å². The molecule has 0 aliphatic carbocycles. The summed E-state index contributed by atoms with van der Waals surface area (Å²) >= 11 is 0. The predicted octanol–water partition coefficient (Wildman–Crippen LogP) is 13.2. The highest BCUT2D eigenvalue weighted by atomic mass is 16.3. The first-order chi connectivity index (χ1) is 23.8. The van der Waals surface area contributed by atoms with Crippen molar-refractivity contribution in [1.29, 1.82) is 0 Å². The molecule has 0 aliphatic rings. The summed E-state index contributed by atoms with van der Waals surface area (Å²) in [5.41, 5.74) is 9.84. The molecule has 0 saturated carbocycles. The maximum Gasteiger partial charge on any atom is 0.137 e. The molecular weight excluding hydrogens is 583 g/mol. The van der Waals surface area contributed by atoms with Crippen molar-refractivity contribution in [3.05, 3.63) is 188 Å². The Hall–Kier alpha value is -6.38. The number of fused-ring (bicyclic) bond motifs is 4. The number of anilines is 3. The lowest BCUT2D eigenvalue weighted by molar-refractivity contribution is 0.631. The van der Waals surface area contributed by atoms with Gasteiger partial charge in [-0.15, -0.1) is 0 Å². The second-order valence-corrected chi connectivity index (χ2v) is 12.2. The second kappa shape index (κ2) is 11.8. The average Bonchev–Trinajstić information content (AvgIpc) is 3.60. The summed E-state index contributed by atoms with van der Waals surface area (Å²) in [5.74, 6) is 0.841. The standard InChI is InChI=1S/C46H31NO/c1-2-12-32(13-3-1)33-22-24-35(25-23-33)41-17-7-9-19-43(41)47(38-28-29-40-36(30-38)27-26-34-14-4-6-16-39(34)40)44-20-10-8-18-42(44)46-31-37-15-5-11-21-45(37)48-46/h1-31H. The van der Waals surface area contributed by atoms with Crippen molar-refractivity contribution >= 4 is 49.6 Å². The van der Waals surface area contributed by atoms with Crippen molar-refractivity contribution in [2.45, 2.75) is 0 Å². The highest BCUT2D eigenvalue weighted by Gasteiger charge is 2.22. The fourth-order valence-electron chi connectivity index (χ4n) is 6.92. The van der Waals surface area contributed by atoms with Gasteiger partial charge in [0.25, 0.3) is 0 Å². The summed E-state index contributed by atoms with van der Waals surface area (Å²) in [6.45, 7) is 0. The molecule has 0 fully saturated rings. The summed E-state index contributed by atoms with van der Waals surface area (Å²) in [4.78, 5) is 2.39. The van der Waals surface area contributed by atoms with Crippen molar-refractivity contribution in [3.63, 3.8) is 0 Å². The molecule has 0 radical (unpaired) electrons. The zero-order chi connectivity index (χ0) is 31.9. The summed E-state index contributed by atoms with van der Waals surface area (Å²) in [5, 5.41) is 6.03. The Morgan fingerprint density at radius 3 is 1.75 bits per heavy atom. The number of nitrogens with zero attached hydrogens (tertiary/aromatic N) is 1. The lowest BCUT2D eigenvalue weighted by Gasteiger charge is -2.29. The quantitative estimate of drug-likeness (QED) is 0.174. The van der Waals surface area contributed by atoms with Crippen LogP contribution < -0.4 is 4.90 Å². The summed E-state index contributed by atoms with van der Waals surface area (Å²) in [6, 6.07) is 66.9. The Morgan fingerprint density at radius 2 is 0.938 bits per heavy atom. The minimum absolute atomic E-state index is 0.841. The van der Waals surface area contributed by atoms with Gasteiger partial charge in [0.05, 0.1) is 11.4 Å². The Balaban J connectivity index is 1.25. The molecule has 9 aromatic rings. The first kappa shape index (κ1) is 27.9. The lowest BCUT2D eigenvalue weighted by Crippen LogP contribution is -2.12. The molecule has 0 unspecified atom stereocenters. The van der Waals surface area contributed by atoms with Crippen molar-refractivity contribution < 1.29 is 4.42 Å². The van der Waals surface area contributed by atoms with E-state index in [1.54, 1.807) is 0 Å². The molecule has 0 amide bonds. The molecule has 226 valence electrons. The van der Waals surface area contributed by atoms with Crippen LogP contribution in [-0.2, 0) is 0 Å². The molecule has 0 aliphatic heterocycles. The van der Waals surface area contributed by atoms with Gasteiger partial charge < -0.3 is 9.32 Å². The third-order valence-electron chi connectivity index (χ3n) is 9.27. The zero-order valence-electron chi connectivity index (χ0n) is 26.3. The van der Waals surface area contributed by atoms with Crippen LogP contribution in [0.25, 0.3) is 66.1 Å². The monoisotopic (exact) mass is 613 g/mol. The van der Waals surface area contributed by atoms with E-state index in [1.807, 2.05) is 12.1 Å². The van der Waals surface area contributed by atoms with Gasteiger partial charge in [0.1, 0.15) is 11.3 Å². The first-order valence-electron chi connectivity index (χ1n) is 16.3. The number of rotatable bonds is 6. The first-order valence-corrected chi connectivity index (χ1v) is 16.3. The van der Waals surface area contributed by atoms with E-state index < -0.39 is 0 Å². The number of hydrogen-bond donors (Lipinski definition) is 0. The van der Waals surface area contributed by atoms with Crippen LogP contribution in [0.3, 0.4) is 0 Å². The molecule has 0 atom stereocenters. The number of para-hydroxylation sites is 3. The van der Waals surface area contributed by atoms with E-state index in [4.69, 9.17) is 4.42 Å². The molecule has 0 bridgehead atoms. The maximum absolute atomic E-state index is 6.48. The van der Waals surface area contributed by atoms with Crippen molar-refractivity contribution in [2.75, 3.05) is 4.90 Å². The van der Waals surface area contributed by atoms with Gasteiger partial charge in [0.2, 0.25) is 0 Å². The molecule has 0 spiro atoms. The molecule has 1 heterocycles. The van der Waals surface area contributed by atoms with Crippen molar-refractivity contribution in [3.8, 4) is 33.6 Å². The molecule has 9 rings (SSSR count). The van der Waals surface area contributed by atoms with Gasteiger partial charge >= 0.3 is 0 Å². The van der Waals surface area contributed by atoms with Crippen LogP contribution >= 0.6 is 0 Å². The molecule has 1 aromatic heterocycles. The Labute approximate surface area is 279 Å². The summed E-state index contributed by atoms with van der Waals surface area (Å²) in [7, 11) is 0. The van der Waals surface area contributed by atoms with Crippen LogP contribution in [0, 0.1) is 0 Å². The van der Waals surface area contributed by atoms with Gasteiger partial charge in [-0.1, -0.05) is 146 Å². The number of benzene rings is 8. The second-order valence-electron chi connectivity index (χ2n) is 12.2. The maximum atomic E-state index is 6.48. The number of hydrogen-bond acceptors (Lipinski definition) is 2. The van der Waals surface area contributed by atoms with Gasteiger partial charge in [-0.05, 0) is 80.7 Å². The SMILES string of the molecule is c1ccc(-c2ccc(-c3ccccc3N(c3ccc4c(ccc5ccccc54)c3)c3ccccc3-c3cc4ccccc4o3)cc2)cc1. The Bertz CT molecular complexity index is 2530. The van der Waals surface area contributed by atoms with Crippen molar-refractivity contribution in [1.82, 2.24) is 0 Å². The Morgan fingerprint density at radius 1 is 0.354 bits per heavy atom. The molecular formula is C46H31NO. The van der Waals surface area contributed by atoms with Gasteiger partial charge in [0.15, 0.2) is 0 Å².